The highest BCUT2D eigenvalue weighted by Crippen LogP contribution is 2.34. The highest BCUT2D eigenvalue weighted by atomic mass is 19.1. The first kappa shape index (κ1) is 18.9. The summed E-state index contributed by atoms with van der Waals surface area (Å²) in [6.07, 6.45) is 2.72. The molecule has 5 heteroatoms. The molecular weight excluding hydrogens is 309 g/mol. The van der Waals surface area contributed by atoms with Gasteiger partial charge in [-0.05, 0) is 37.0 Å². The van der Waals surface area contributed by atoms with E-state index in [0.29, 0.717) is 19.3 Å². The monoisotopic (exact) mass is 337 g/mol. The van der Waals surface area contributed by atoms with Crippen LogP contribution in [-0.4, -0.2) is 39.3 Å². The van der Waals surface area contributed by atoms with Crippen molar-refractivity contribution in [2.75, 3.05) is 6.54 Å². The number of rotatable bonds is 7. The molecule has 0 aromatic heterocycles. The molecule has 2 rings (SSSR count). The lowest BCUT2D eigenvalue weighted by Gasteiger charge is -2.31. The van der Waals surface area contributed by atoms with E-state index in [4.69, 9.17) is 0 Å². The Morgan fingerprint density at radius 1 is 1.25 bits per heavy atom. The van der Waals surface area contributed by atoms with Gasteiger partial charge >= 0.3 is 0 Å². The molecule has 1 saturated heterocycles. The second-order valence-electron chi connectivity index (χ2n) is 6.90. The molecular formula is C19H28FNO3. The Labute approximate surface area is 143 Å². The van der Waals surface area contributed by atoms with Crippen molar-refractivity contribution in [2.45, 2.75) is 70.1 Å². The molecule has 1 aromatic rings. The molecule has 1 aromatic carbocycles. The summed E-state index contributed by atoms with van der Waals surface area (Å²) < 4.78 is 13.1. The molecule has 1 aliphatic heterocycles. The number of halogens is 1. The topological polar surface area (TPSA) is 60.8 Å². The Morgan fingerprint density at radius 3 is 2.38 bits per heavy atom. The highest BCUT2D eigenvalue weighted by Gasteiger charge is 2.38. The van der Waals surface area contributed by atoms with Gasteiger partial charge in [0.1, 0.15) is 5.82 Å². The molecule has 0 radical (unpaired) electrons. The van der Waals surface area contributed by atoms with E-state index >= 15 is 0 Å². The predicted molar refractivity (Wildman–Crippen MR) is 90.9 cm³/mol. The molecule has 1 heterocycles. The average molecular weight is 337 g/mol. The molecule has 1 fully saturated rings. The number of aliphatic hydroxyl groups excluding tert-OH is 1. The number of hydrogen-bond acceptors (Lipinski definition) is 3. The van der Waals surface area contributed by atoms with Crippen LogP contribution >= 0.6 is 0 Å². The smallest absolute Gasteiger partial charge is 0.226 e. The maximum atomic E-state index is 13.1. The number of likely N-dealkylation sites (tertiary alicyclic amines) is 1. The third-order valence-corrected chi connectivity index (χ3v) is 4.77. The van der Waals surface area contributed by atoms with Gasteiger partial charge < -0.3 is 15.1 Å². The summed E-state index contributed by atoms with van der Waals surface area (Å²) in [5, 5.41) is 20.8. The van der Waals surface area contributed by atoms with Gasteiger partial charge in [-0.25, -0.2) is 4.39 Å². The molecule has 0 bridgehead atoms. The third-order valence-electron chi connectivity index (χ3n) is 4.77. The van der Waals surface area contributed by atoms with Crippen LogP contribution in [0.1, 0.15) is 64.0 Å². The predicted octanol–water partition coefficient (Wildman–Crippen LogP) is 3.18. The zero-order chi connectivity index (χ0) is 17.7. The molecule has 134 valence electrons. The van der Waals surface area contributed by atoms with Crippen molar-refractivity contribution < 1.29 is 19.4 Å². The minimum Gasteiger partial charge on any atom is -0.391 e. The van der Waals surface area contributed by atoms with Crippen molar-refractivity contribution in [1.29, 1.82) is 0 Å². The van der Waals surface area contributed by atoms with Crippen LogP contribution in [0.25, 0.3) is 0 Å². The minimum absolute atomic E-state index is 0.0685. The number of amides is 1. The van der Waals surface area contributed by atoms with Crippen molar-refractivity contribution in [3.63, 3.8) is 0 Å². The van der Waals surface area contributed by atoms with Gasteiger partial charge in [0, 0.05) is 6.54 Å². The van der Waals surface area contributed by atoms with E-state index in [0.717, 1.165) is 18.4 Å². The van der Waals surface area contributed by atoms with Crippen LogP contribution in [0.2, 0.25) is 0 Å². The van der Waals surface area contributed by atoms with Crippen molar-refractivity contribution in [3.8, 4) is 0 Å². The molecule has 24 heavy (non-hydrogen) atoms. The van der Waals surface area contributed by atoms with E-state index in [1.54, 1.807) is 17.0 Å². The minimum atomic E-state index is -0.985. The molecule has 0 spiro atoms. The zero-order valence-corrected chi connectivity index (χ0v) is 14.5. The first-order chi connectivity index (χ1) is 11.4. The maximum Gasteiger partial charge on any atom is 0.226 e. The number of carbonyl (C=O) groups is 1. The van der Waals surface area contributed by atoms with Gasteiger partial charge in [-0.3, -0.25) is 4.79 Å². The number of nitrogens with zero attached hydrogens (tertiary/aromatic N) is 1. The molecule has 2 atom stereocenters. The summed E-state index contributed by atoms with van der Waals surface area (Å²) >= 11 is 0. The van der Waals surface area contributed by atoms with Crippen LogP contribution in [0.4, 0.5) is 4.39 Å². The van der Waals surface area contributed by atoms with Crippen molar-refractivity contribution in [2.24, 2.45) is 0 Å². The second-order valence-corrected chi connectivity index (χ2v) is 6.90. The fraction of sp³-hybridized carbons (Fsp3) is 0.632. The number of aliphatic hydroxyl groups is 2. The van der Waals surface area contributed by atoms with Gasteiger partial charge in [-0.1, -0.05) is 38.8 Å². The average Bonchev–Trinajstić information content (AvgIpc) is 2.90. The SMILES string of the molecule is CCCC(O)(CCC)CC(=O)N1C[C@@H](O)C[C@@H]1c1ccc(F)cc1. The second kappa shape index (κ2) is 8.08. The van der Waals surface area contributed by atoms with Crippen LogP contribution < -0.4 is 0 Å². The molecule has 1 aliphatic rings. The van der Waals surface area contributed by atoms with Crippen LogP contribution in [0.5, 0.6) is 0 Å². The van der Waals surface area contributed by atoms with Gasteiger partial charge in [0.2, 0.25) is 5.91 Å². The zero-order valence-electron chi connectivity index (χ0n) is 14.5. The lowest BCUT2D eigenvalue weighted by molar-refractivity contribution is -0.138. The van der Waals surface area contributed by atoms with Crippen LogP contribution in [0.15, 0.2) is 24.3 Å². The summed E-state index contributed by atoms with van der Waals surface area (Å²) in [5.74, 6) is -0.472. The lowest BCUT2D eigenvalue weighted by Crippen LogP contribution is -2.39. The maximum absolute atomic E-state index is 13.1. The Morgan fingerprint density at radius 2 is 1.83 bits per heavy atom. The summed E-state index contributed by atoms with van der Waals surface area (Å²) in [6, 6.07) is 5.78. The van der Waals surface area contributed by atoms with Crippen molar-refractivity contribution in [3.05, 3.63) is 35.6 Å². The van der Waals surface area contributed by atoms with Crippen LogP contribution in [0.3, 0.4) is 0 Å². The van der Waals surface area contributed by atoms with E-state index in [9.17, 15) is 19.4 Å². The number of β-amino-alcohol motifs (C(OH)–C–C–N with tert-alkyl or cyclic N) is 1. The standard InChI is InChI=1S/C19H28FNO3/c1-3-9-19(24,10-4-2)12-18(23)21-13-16(22)11-17(21)14-5-7-15(20)8-6-14/h5-8,16-17,22,24H,3-4,9-13H2,1-2H3/t16-,17+/m0/s1. The largest absolute Gasteiger partial charge is 0.391 e. The van der Waals surface area contributed by atoms with Gasteiger partial charge in [-0.15, -0.1) is 0 Å². The number of hydrogen-bond donors (Lipinski definition) is 2. The van der Waals surface area contributed by atoms with Gasteiger partial charge in [0.25, 0.3) is 0 Å². The fourth-order valence-corrected chi connectivity index (χ4v) is 3.71. The summed E-state index contributed by atoms with van der Waals surface area (Å²) in [5.41, 5.74) is -0.169. The fourth-order valence-electron chi connectivity index (χ4n) is 3.71. The van der Waals surface area contributed by atoms with E-state index in [2.05, 4.69) is 0 Å². The quantitative estimate of drug-likeness (QED) is 0.803. The van der Waals surface area contributed by atoms with Crippen molar-refractivity contribution >= 4 is 5.91 Å². The number of benzene rings is 1. The van der Waals surface area contributed by atoms with Crippen molar-refractivity contribution in [1.82, 2.24) is 4.90 Å². The first-order valence-corrected chi connectivity index (χ1v) is 8.84. The van der Waals surface area contributed by atoms with Crippen LogP contribution in [0, 0.1) is 5.82 Å². The summed E-state index contributed by atoms with van der Waals surface area (Å²) in [6.45, 7) is 4.24. The Bertz CT molecular complexity index is 540. The first-order valence-electron chi connectivity index (χ1n) is 8.84. The molecule has 0 aliphatic carbocycles. The Kier molecular flexibility index (Phi) is 6.35. The third kappa shape index (κ3) is 4.54. The Balaban J connectivity index is 2.15. The van der Waals surface area contributed by atoms with E-state index in [1.807, 2.05) is 13.8 Å². The van der Waals surface area contributed by atoms with Crippen LogP contribution in [-0.2, 0) is 4.79 Å². The van der Waals surface area contributed by atoms with Gasteiger partial charge in [0.05, 0.1) is 24.2 Å². The van der Waals surface area contributed by atoms with E-state index in [1.165, 1.54) is 12.1 Å². The molecule has 1 amide bonds. The highest BCUT2D eigenvalue weighted by molar-refractivity contribution is 5.78. The molecule has 4 nitrogen and oxygen atoms in total. The van der Waals surface area contributed by atoms with E-state index < -0.39 is 11.7 Å². The van der Waals surface area contributed by atoms with Gasteiger partial charge in [0.15, 0.2) is 0 Å². The number of carbonyl (C=O) groups excluding carboxylic acids is 1. The normalized spacial score (nSPS) is 21.3. The lowest BCUT2D eigenvalue weighted by atomic mass is 9.88. The molecule has 0 unspecified atom stereocenters. The van der Waals surface area contributed by atoms with Gasteiger partial charge in [-0.2, -0.15) is 0 Å². The molecule has 0 saturated carbocycles. The van der Waals surface area contributed by atoms with E-state index in [-0.39, 0.29) is 30.7 Å². The summed E-state index contributed by atoms with van der Waals surface area (Å²) in [7, 11) is 0. The Hall–Kier alpha value is -1.46. The molecule has 2 N–H and O–H groups in total. The summed E-state index contributed by atoms with van der Waals surface area (Å²) in [4.78, 5) is 14.4.